The Morgan fingerprint density at radius 2 is 2.07 bits per heavy atom. The Kier molecular flexibility index (Phi) is 3.59. The Labute approximate surface area is 90.5 Å². The summed E-state index contributed by atoms with van der Waals surface area (Å²) >= 11 is 0. The molecule has 0 radical (unpaired) electrons. The largest absolute Gasteiger partial charge is 0.466 e. The number of carbonyl (C=O) groups excluding carboxylic acids is 1. The molecule has 0 aromatic carbocycles. The highest BCUT2D eigenvalue weighted by atomic mass is 16.5. The third-order valence-corrected chi connectivity index (χ3v) is 3.06. The predicted octanol–water partition coefficient (Wildman–Crippen LogP) is 0.803. The molecule has 0 aromatic heterocycles. The quantitative estimate of drug-likeness (QED) is 0.648. The third kappa shape index (κ3) is 2.92. The molecule has 0 N–H and O–H groups in total. The van der Waals surface area contributed by atoms with E-state index in [0.29, 0.717) is 25.2 Å². The fourth-order valence-corrected chi connectivity index (χ4v) is 2.36. The van der Waals surface area contributed by atoms with Gasteiger partial charge in [0.05, 0.1) is 25.2 Å². The van der Waals surface area contributed by atoms with Crippen LogP contribution in [0.4, 0.5) is 0 Å². The molecule has 2 fully saturated rings. The molecule has 0 aromatic rings. The number of carbonyl (C=O) groups is 1. The number of nitrogens with zero attached hydrogens (tertiary/aromatic N) is 1. The van der Waals surface area contributed by atoms with Gasteiger partial charge in [-0.3, -0.25) is 9.69 Å². The Morgan fingerprint density at radius 3 is 2.67 bits per heavy atom. The average molecular weight is 213 g/mol. The second-order valence-electron chi connectivity index (χ2n) is 4.27. The molecule has 2 saturated heterocycles. The number of rotatable bonds is 4. The first-order valence-corrected chi connectivity index (χ1v) is 5.81. The zero-order chi connectivity index (χ0) is 10.7. The molecule has 2 unspecified atom stereocenters. The van der Waals surface area contributed by atoms with Crippen molar-refractivity contribution in [3.05, 3.63) is 0 Å². The van der Waals surface area contributed by atoms with Crippen LogP contribution in [0.5, 0.6) is 0 Å². The van der Waals surface area contributed by atoms with Crippen molar-refractivity contribution in [1.82, 2.24) is 4.90 Å². The first-order valence-electron chi connectivity index (χ1n) is 5.81. The van der Waals surface area contributed by atoms with E-state index < -0.39 is 0 Å². The Balaban J connectivity index is 1.69. The van der Waals surface area contributed by atoms with E-state index in [1.165, 1.54) is 12.8 Å². The maximum atomic E-state index is 11.2. The standard InChI is InChI=1S/C11H19NO3/c1-2-14-11(13)5-6-12-7-9-3-4-10(8-12)15-9/h9-10H,2-8H2,1H3. The molecule has 2 bridgehead atoms. The average Bonchev–Trinajstić information content (AvgIpc) is 2.56. The lowest BCUT2D eigenvalue weighted by Gasteiger charge is -2.31. The van der Waals surface area contributed by atoms with Crippen LogP contribution in [0.2, 0.25) is 0 Å². The van der Waals surface area contributed by atoms with Crippen LogP contribution in [0.3, 0.4) is 0 Å². The minimum Gasteiger partial charge on any atom is -0.466 e. The summed E-state index contributed by atoms with van der Waals surface area (Å²) in [7, 11) is 0. The fraction of sp³-hybridized carbons (Fsp3) is 0.909. The van der Waals surface area contributed by atoms with Crippen molar-refractivity contribution < 1.29 is 14.3 Å². The highest BCUT2D eigenvalue weighted by Crippen LogP contribution is 2.26. The van der Waals surface area contributed by atoms with Gasteiger partial charge < -0.3 is 9.47 Å². The lowest BCUT2D eigenvalue weighted by atomic mass is 10.2. The van der Waals surface area contributed by atoms with E-state index >= 15 is 0 Å². The molecule has 15 heavy (non-hydrogen) atoms. The lowest BCUT2D eigenvalue weighted by Crippen LogP contribution is -2.43. The highest BCUT2D eigenvalue weighted by molar-refractivity contribution is 5.69. The minimum absolute atomic E-state index is 0.0867. The van der Waals surface area contributed by atoms with Gasteiger partial charge in [0, 0.05) is 19.6 Å². The topological polar surface area (TPSA) is 38.8 Å². The molecule has 0 amide bonds. The summed E-state index contributed by atoms with van der Waals surface area (Å²) in [6, 6.07) is 0. The summed E-state index contributed by atoms with van der Waals surface area (Å²) in [6.45, 7) is 5.10. The van der Waals surface area contributed by atoms with E-state index in [1.54, 1.807) is 0 Å². The molecule has 86 valence electrons. The zero-order valence-electron chi connectivity index (χ0n) is 9.28. The second kappa shape index (κ2) is 4.94. The number of fused-ring (bicyclic) bond motifs is 2. The van der Waals surface area contributed by atoms with E-state index in [-0.39, 0.29) is 5.97 Å². The lowest BCUT2D eigenvalue weighted by molar-refractivity contribution is -0.144. The first kappa shape index (κ1) is 10.9. The maximum absolute atomic E-state index is 11.2. The van der Waals surface area contributed by atoms with Gasteiger partial charge in [0.25, 0.3) is 0 Å². The number of hydrogen-bond donors (Lipinski definition) is 0. The van der Waals surface area contributed by atoms with E-state index in [2.05, 4.69) is 4.90 Å². The van der Waals surface area contributed by atoms with Crippen LogP contribution in [0.15, 0.2) is 0 Å². The Bertz CT molecular complexity index is 220. The summed E-state index contributed by atoms with van der Waals surface area (Å²) in [6.07, 6.45) is 3.69. The van der Waals surface area contributed by atoms with E-state index in [9.17, 15) is 4.79 Å². The third-order valence-electron chi connectivity index (χ3n) is 3.06. The number of ether oxygens (including phenoxy) is 2. The molecular weight excluding hydrogens is 194 g/mol. The molecule has 0 saturated carbocycles. The van der Waals surface area contributed by atoms with E-state index in [1.807, 2.05) is 6.92 Å². The summed E-state index contributed by atoms with van der Waals surface area (Å²) < 4.78 is 10.6. The van der Waals surface area contributed by atoms with Crippen molar-refractivity contribution in [2.24, 2.45) is 0 Å². The smallest absolute Gasteiger partial charge is 0.307 e. The van der Waals surface area contributed by atoms with Gasteiger partial charge in [-0.15, -0.1) is 0 Å². The van der Waals surface area contributed by atoms with Gasteiger partial charge >= 0.3 is 5.97 Å². The molecule has 2 aliphatic rings. The second-order valence-corrected chi connectivity index (χ2v) is 4.27. The van der Waals surface area contributed by atoms with Crippen LogP contribution < -0.4 is 0 Å². The highest BCUT2D eigenvalue weighted by Gasteiger charge is 2.33. The molecule has 2 aliphatic heterocycles. The van der Waals surface area contributed by atoms with Crippen molar-refractivity contribution >= 4 is 5.97 Å². The molecule has 0 spiro atoms. The van der Waals surface area contributed by atoms with Crippen LogP contribution in [-0.4, -0.2) is 49.3 Å². The Morgan fingerprint density at radius 1 is 1.40 bits per heavy atom. The van der Waals surface area contributed by atoms with Gasteiger partial charge in [-0.25, -0.2) is 0 Å². The van der Waals surface area contributed by atoms with Gasteiger partial charge in [-0.05, 0) is 19.8 Å². The summed E-state index contributed by atoms with van der Waals surface area (Å²) in [5.41, 5.74) is 0. The summed E-state index contributed by atoms with van der Waals surface area (Å²) in [4.78, 5) is 13.5. The van der Waals surface area contributed by atoms with Gasteiger partial charge in [0.1, 0.15) is 0 Å². The van der Waals surface area contributed by atoms with Crippen molar-refractivity contribution in [3.63, 3.8) is 0 Å². The van der Waals surface area contributed by atoms with Gasteiger partial charge in [0.2, 0.25) is 0 Å². The van der Waals surface area contributed by atoms with Gasteiger partial charge in [0.15, 0.2) is 0 Å². The van der Waals surface area contributed by atoms with Crippen LogP contribution in [0, 0.1) is 0 Å². The van der Waals surface area contributed by atoms with Crippen molar-refractivity contribution in [1.29, 1.82) is 0 Å². The van der Waals surface area contributed by atoms with Crippen molar-refractivity contribution in [2.75, 3.05) is 26.2 Å². The number of likely N-dealkylation sites (tertiary alicyclic amines) is 1. The number of esters is 1. The summed E-state index contributed by atoms with van der Waals surface area (Å²) in [5, 5.41) is 0. The first-order chi connectivity index (χ1) is 7.28. The molecular formula is C11H19NO3. The van der Waals surface area contributed by atoms with Gasteiger partial charge in [-0.2, -0.15) is 0 Å². The van der Waals surface area contributed by atoms with Crippen LogP contribution in [0.1, 0.15) is 26.2 Å². The molecule has 2 rings (SSSR count). The molecule has 2 heterocycles. The fourth-order valence-electron chi connectivity index (χ4n) is 2.36. The van der Waals surface area contributed by atoms with Gasteiger partial charge in [-0.1, -0.05) is 0 Å². The molecule has 0 aliphatic carbocycles. The normalized spacial score (nSPS) is 30.5. The van der Waals surface area contributed by atoms with Crippen molar-refractivity contribution in [2.45, 2.75) is 38.4 Å². The van der Waals surface area contributed by atoms with Crippen molar-refractivity contribution in [3.8, 4) is 0 Å². The summed E-state index contributed by atoms with van der Waals surface area (Å²) in [5.74, 6) is -0.0867. The maximum Gasteiger partial charge on any atom is 0.307 e. The molecule has 4 heteroatoms. The number of hydrogen-bond acceptors (Lipinski definition) is 4. The number of morpholine rings is 1. The molecule has 4 nitrogen and oxygen atoms in total. The van der Waals surface area contributed by atoms with E-state index in [4.69, 9.17) is 9.47 Å². The Hall–Kier alpha value is -0.610. The van der Waals surface area contributed by atoms with E-state index in [0.717, 1.165) is 19.6 Å². The predicted molar refractivity (Wildman–Crippen MR) is 55.6 cm³/mol. The monoisotopic (exact) mass is 213 g/mol. The van der Waals surface area contributed by atoms with Crippen LogP contribution in [0.25, 0.3) is 0 Å². The minimum atomic E-state index is -0.0867. The van der Waals surface area contributed by atoms with Crippen LogP contribution in [-0.2, 0) is 14.3 Å². The zero-order valence-corrected chi connectivity index (χ0v) is 9.28. The SMILES string of the molecule is CCOC(=O)CCN1CC2CCC(C1)O2. The molecule has 2 atom stereocenters. The van der Waals surface area contributed by atoms with Crippen LogP contribution >= 0.6 is 0 Å².